The minimum absolute atomic E-state index is 0.0370. The van der Waals surface area contributed by atoms with E-state index in [2.05, 4.69) is 11.1 Å². The SMILES string of the molecule is N#CCC1CCC(N2CCC3(CCCN(c4ncc(C(F)(F)F)cc4Cl)C3)C2=O)CC1. The number of hydrogen-bond donors (Lipinski definition) is 0. The number of piperidine rings is 1. The van der Waals surface area contributed by atoms with Crippen molar-refractivity contribution in [2.45, 2.75) is 63.6 Å². The fraction of sp³-hybridized carbons (Fsp3) is 0.682. The lowest BCUT2D eigenvalue weighted by atomic mass is 9.78. The van der Waals surface area contributed by atoms with Gasteiger partial charge >= 0.3 is 6.18 Å². The maximum Gasteiger partial charge on any atom is 0.417 e. The second-order valence-corrected chi connectivity index (χ2v) is 9.53. The van der Waals surface area contributed by atoms with Crippen molar-refractivity contribution in [2.24, 2.45) is 11.3 Å². The van der Waals surface area contributed by atoms with Crippen LogP contribution >= 0.6 is 11.6 Å². The lowest BCUT2D eigenvalue weighted by Gasteiger charge is -2.41. The van der Waals surface area contributed by atoms with Crippen molar-refractivity contribution in [3.63, 3.8) is 0 Å². The van der Waals surface area contributed by atoms with Gasteiger partial charge in [-0.3, -0.25) is 4.79 Å². The van der Waals surface area contributed by atoms with E-state index in [9.17, 15) is 18.0 Å². The summed E-state index contributed by atoms with van der Waals surface area (Å²) in [5, 5.41) is 8.87. The molecule has 3 aliphatic rings. The molecule has 1 amide bonds. The molecule has 0 radical (unpaired) electrons. The molecular formula is C22H26ClF3N4O. The van der Waals surface area contributed by atoms with Gasteiger partial charge in [0, 0.05) is 38.3 Å². The van der Waals surface area contributed by atoms with Crippen molar-refractivity contribution in [2.75, 3.05) is 24.5 Å². The number of amides is 1. The molecule has 1 aliphatic carbocycles. The van der Waals surface area contributed by atoms with E-state index in [1.807, 2.05) is 9.80 Å². The Kier molecular flexibility index (Phi) is 6.08. The Morgan fingerprint density at radius 1 is 1.23 bits per heavy atom. The maximum absolute atomic E-state index is 13.5. The van der Waals surface area contributed by atoms with Gasteiger partial charge in [0.25, 0.3) is 0 Å². The predicted molar refractivity (Wildman–Crippen MR) is 110 cm³/mol. The molecule has 3 heterocycles. The molecule has 9 heteroatoms. The Balaban J connectivity index is 1.46. The average Bonchev–Trinajstić information content (AvgIpc) is 3.04. The summed E-state index contributed by atoms with van der Waals surface area (Å²) in [5.41, 5.74) is -1.39. The molecule has 31 heavy (non-hydrogen) atoms. The van der Waals surface area contributed by atoms with E-state index in [1.165, 1.54) is 0 Å². The second-order valence-electron chi connectivity index (χ2n) is 9.12. The number of rotatable bonds is 3. The van der Waals surface area contributed by atoms with Crippen LogP contribution in [-0.4, -0.2) is 41.5 Å². The van der Waals surface area contributed by atoms with Crippen LogP contribution < -0.4 is 4.90 Å². The summed E-state index contributed by atoms with van der Waals surface area (Å²) in [6.45, 7) is 1.77. The van der Waals surface area contributed by atoms with Crippen LogP contribution in [0.2, 0.25) is 5.02 Å². The van der Waals surface area contributed by atoms with E-state index in [0.29, 0.717) is 37.8 Å². The molecule has 1 saturated carbocycles. The molecule has 1 aromatic heterocycles. The number of nitrogens with zero attached hydrogens (tertiary/aromatic N) is 4. The number of carbonyl (C=O) groups is 1. The van der Waals surface area contributed by atoms with Gasteiger partial charge in [-0.1, -0.05) is 11.6 Å². The smallest absolute Gasteiger partial charge is 0.354 e. The Hall–Kier alpha value is -2.01. The molecule has 5 nitrogen and oxygen atoms in total. The summed E-state index contributed by atoms with van der Waals surface area (Å²) >= 11 is 6.17. The highest BCUT2D eigenvalue weighted by Crippen LogP contribution is 2.45. The number of carbonyl (C=O) groups excluding carboxylic acids is 1. The molecule has 1 spiro atoms. The Labute approximate surface area is 185 Å². The van der Waals surface area contributed by atoms with Crippen LogP contribution in [0.1, 0.15) is 56.9 Å². The van der Waals surface area contributed by atoms with Crippen LogP contribution in [0.25, 0.3) is 0 Å². The number of nitriles is 1. The summed E-state index contributed by atoms with van der Waals surface area (Å²) in [6.07, 6.45) is 3.03. The van der Waals surface area contributed by atoms with Gasteiger partial charge in [-0.15, -0.1) is 0 Å². The Morgan fingerprint density at radius 3 is 2.61 bits per heavy atom. The molecule has 168 valence electrons. The summed E-state index contributed by atoms with van der Waals surface area (Å²) in [7, 11) is 0. The van der Waals surface area contributed by atoms with Gasteiger partial charge in [-0.05, 0) is 56.9 Å². The molecule has 2 saturated heterocycles. The van der Waals surface area contributed by atoms with Crippen LogP contribution in [0.3, 0.4) is 0 Å². The minimum atomic E-state index is -4.49. The zero-order valence-electron chi connectivity index (χ0n) is 17.3. The van der Waals surface area contributed by atoms with Gasteiger partial charge in [0.15, 0.2) is 0 Å². The molecule has 2 aliphatic heterocycles. The number of pyridine rings is 1. The first kappa shape index (κ1) is 22.2. The summed E-state index contributed by atoms with van der Waals surface area (Å²) in [5.74, 6) is 0.909. The van der Waals surface area contributed by atoms with Crippen molar-refractivity contribution >= 4 is 23.3 Å². The van der Waals surface area contributed by atoms with Gasteiger partial charge in [0.2, 0.25) is 5.91 Å². The van der Waals surface area contributed by atoms with Crippen molar-refractivity contribution < 1.29 is 18.0 Å². The Bertz CT molecular complexity index is 878. The predicted octanol–water partition coefficient (Wildman–Crippen LogP) is 5.05. The second kappa shape index (κ2) is 8.50. The third-order valence-corrected chi connectivity index (χ3v) is 7.49. The van der Waals surface area contributed by atoms with Gasteiger partial charge < -0.3 is 9.80 Å². The molecule has 0 aromatic carbocycles. The number of likely N-dealkylation sites (tertiary alicyclic amines) is 1. The van der Waals surface area contributed by atoms with Crippen molar-refractivity contribution in [3.8, 4) is 6.07 Å². The minimum Gasteiger partial charge on any atom is -0.354 e. The van der Waals surface area contributed by atoms with E-state index in [1.54, 1.807) is 0 Å². The first-order valence-corrected chi connectivity index (χ1v) is 11.3. The van der Waals surface area contributed by atoms with Crippen LogP contribution in [0, 0.1) is 22.7 Å². The van der Waals surface area contributed by atoms with Crippen molar-refractivity contribution in [1.82, 2.24) is 9.88 Å². The normalized spacial score (nSPS) is 29.5. The summed E-state index contributed by atoms with van der Waals surface area (Å²) in [4.78, 5) is 21.4. The summed E-state index contributed by atoms with van der Waals surface area (Å²) in [6, 6.07) is 3.39. The zero-order valence-corrected chi connectivity index (χ0v) is 18.1. The Morgan fingerprint density at radius 2 is 1.97 bits per heavy atom. The van der Waals surface area contributed by atoms with Crippen molar-refractivity contribution in [3.05, 3.63) is 22.8 Å². The lowest BCUT2D eigenvalue weighted by Crippen LogP contribution is -2.50. The van der Waals surface area contributed by atoms with Crippen LogP contribution in [0.15, 0.2) is 12.3 Å². The summed E-state index contributed by atoms with van der Waals surface area (Å²) < 4.78 is 38.8. The number of anilines is 1. The van der Waals surface area contributed by atoms with E-state index >= 15 is 0 Å². The van der Waals surface area contributed by atoms with Gasteiger partial charge in [0.05, 0.1) is 22.1 Å². The molecule has 0 bridgehead atoms. The van der Waals surface area contributed by atoms with E-state index < -0.39 is 17.2 Å². The number of aromatic nitrogens is 1. The monoisotopic (exact) mass is 454 g/mol. The molecule has 1 atom stereocenters. The van der Waals surface area contributed by atoms with Crippen LogP contribution in [-0.2, 0) is 11.0 Å². The lowest BCUT2D eigenvalue weighted by molar-refractivity contribution is -0.139. The van der Waals surface area contributed by atoms with E-state index in [4.69, 9.17) is 16.9 Å². The number of halogens is 4. The van der Waals surface area contributed by atoms with Gasteiger partial charge in [-0.25, -0.2) is 4.98 Å². The van der Waals surface area contributed by atoms with E-state index in [-0.39, 0.29) is 17.0 Å². The standard InChI is InChI=1S/C22H26ClF3N4O/c23-18-12-16(22(24,25)26)13-28-19(18)29-10-1-7-21(14-29)8-11-30(20(21)31)17-4-2-15(3-5-17)6-9-27/h12-13,15,17H,1-8,10-11,14H2. The number of hydrogen-bond acceptors (Lipinski definition) is 4. The molecule has 1 aromatic rings. The first-order valence-electron chi connectivity index (χ1n) is 10.9. The van der Waals surface area contributed by atoms with Gasteiger partial charge in [0.1, 0.15) is 5.82 Å². The van der Waals surface area contributed by atoms with Crippen LogP contribution in [0.4, 0.5) is 19.0 Å². The highest BCUT2D eigenvalue weighted by molar-refractivity contribution is 6.33. The topological polar surface area (TPSA) is 60.2 Å². The van der Waals surface area contributed by atoms with Gasteiger partial charge in [-0.2, -0.15) is 18.4 Å². The van der Waals surface area contributed by atoms with Crippen molar-refractivity contribution in [1.29, 1.82) is 5.26 Å². The maximum atomic E-state index is 13.5. The number of alkyl halides is 3. The molecular weight excluding hydrogens is 429 g/mol. The largest absolute Gasteiger partial charge is 0.417 e. The quantitative estimate of drug-likeness (QED) is 0.641. The molecule has 1 unspecified atom stereocenters. The highest BCUT2D eigenvalue weighted by atomic mass is 35.5. The molecule has 3 fully saturated rings. The van der Waals surface area contributed by atoms with E-state index in [0.717, 1.165) is 57.2 Å². The zero-order chi connectivity index (χ0) is 22.2. The first-order chi connectivity index (χ1) is 14.7. The molecule has 0 N–H and O–H groups in total. The molecule has 4 rings (SSSR count). The van der Waals surface area contributed by atoms with Crippen LogP contribution in [0.5, 0.6) is 0 Å². The third-order valence-electron chi connectivity index (χ3n) is 7.21. The fourth-order valence-corrected chi connectivity index (χ4v) is 5.78. The average molecular weight is 455 g/mol. The third kappa shape index (κ3) is 4.34. The fourth-order valence-electron chi connectivity index (χ4n) is 5.50. The highest BCUT2D eigenvalue weighted by Gasteiger charge is 2.51.